The maximum atomic E-state index is 6.08. The van der Waals surface area contributed by atoms with Gasteiger partial charge in [-0.15, -0.1) is 0 Å². The van der Waals surface area contributed by atoms with E-state index >= 15 is 0 Å². The Morgan fingerprint density at radius 1 is 0.750 bits per heavy atom. The molecule has 3 heteroatoms. The number of fused-ring (bicyclic) bond motifs is 1. The second-order valence-corrected chi connectivity index (χ2v) is 5.89. The predicted octanol–water partition coefficient (Wildman–Crippen LogP) is 5.99. The van der Waals surface area contributed by atoms with Gasteiger partial charge in [0.05, 0.1) is 5.69 Å². The van der Waals surface area contributed by atoms with Crippen LogP contribution < -0.4 is 5.55 Å². The predicted molar refractivity (Wildman–Crippen MR) is 98.3 cm³/mol. The van der Waals surface area contributed by atoms with Gasteiger partial charge in [0, 0.05) is 16.0 Å². The largest absolute Gasteiger partial charge is 0.438 e. The summed E-state index contributed by atoms with van der Waals surface area (Å²) in [6.07, 6.45) is 0. The van der Waals surface area contributed by atoms with Crippen LogP contribution in [0.4, 0.5) is 5.69 Å². The van der Waals surface area contributed by atoms with Crippen LogP contribution in [0.1, 0.15) is 0 Å². The monoisotopic (exact) mass is 331 g/mol. The molecule has 4 rings (SSSR count). The van der Waals surface area contributed by atoms with Crippen LogP contribution in [0.5, 0.6) is 0 Å². The van der Waals surface area contributed by atoms with Gasteiger partial charge in [0.2, 0.25) is 5.55 Å². The van der Waals surface area contributed by atoms with Crippen molar-refractivity contribution in [3.8, 4) is 11.1 Å². The molecule has 0 amide bonds. The fraction of sp³-hybridized carbons (Fsp3) is 0. The van der Waals surface area contributed by atoms with Gasteiger partial charge in [-0.2, -0.15) is 0 Å². The van der Waals surface area contributed by atoms with E-state index in [4.69, 9.17) is 21.0 Å². The van der Waals surface area contributed by atoms with Gasteiger partial charge < -0.3 is 4.42 Å². The Hall–Kier alpha value is -2.84. The summed E-state index contributed by atoms with van der Waals surface area (Å²) in [7, 11) is 0. The Bertz CT molecular complexity index is 1050. The average molecular weight is 332 g/mol. The normalized spacial score (nSPS) is 11.8. The molecule has 0 fully saturated rings. The fourth-order valence-electron chi connectivity index (χ4n) is 2.61. The summed E-state index contributed by atoms with van der Waals surface area (Å²) in [5.74, 6) is 0. The SMILES string of the molecule is Clc1ccc(-c2cc3ccccc3oc2=Nc2ccccc2)cc1. The Balaban J connectivity index is 2.01. The molecule has 24 heavy (non-hydrogen) atoms. The van der Waals surface area contributed by atoms with Crippen molar-refractivity contribution < 1.29 is 4.42 Å². The van der Waals surface area contributed by atoms with Gasteiger partial charge in [0.25, 0.3) is 0 Å². The minimum atomic E-state index is 0.585. The van der Waals surface area contributed by atoms with Crippen molar-refractivity contribution in [2.45, 2.75) is 0 Å². The van der Waals surface area contributed by atoms with Gasteiger partial charge in [-0.25, -0.2) is 4.99 Å². The van der Waals surface area contributed by atoms with Crippen LogP contribution in [-0.4, -0.2) is 0 Å². The number of benzene rings is 3. The summed E-state index contributed by atoms with van der Waals surface area (Å²) < 4.78 is 6.08. The van der Waals surface area contributed by atoms with Crippen molar-refractivity contribution in [1.82, 2.24) is 0 Å². The Kier molecular flexibility index (Phi) is 3.89. The van der Waals surface area contributed by atoms with E-state index < -0.39 is 0 Å². The van der Waals surface area contributed by atoms with Crippen LogP contribution in [0, 0.1) is 0 Å². The summed E-state index contributed by atoms with van der Waals surface area (Å²) in [4.78, 5) is 4.69. The molecule has 0 bridgehead atoms. The maximum Gasteiger partial charge on any atom is 0.227 e. The van der Waals surface area contributed by atoms with E-state index in [9.17, 15) is 0 Å². The van der Waals surface area contributed by atoms with E-state index in [2.05, 4.69) is 6.07 Å². The molecule has 2 nitrogen and oxygen atoms in total. The molecule has 1 aromatic heterocycles. The van der Waals surface area contributed by atoms with Crippen LogP contribution in [-0.2, 0) is 0 Å². The van der Waals surface area contributed by atoms with Gasteiger partial charge in [-0.3, -0.25) is 0 Å². The zero-order valence-corrected chi connectivity index (χ0v) is 13.6. The van der Waals surface area contributed by atoms with E-state index in [1.54, 1.807) is 0 Å². The van der Waals surface area contributed by atoms with Crippen LogP contribution in [0.25, 0.3) is 22.1 Å². The number of hydrogen-bond donors (Lipinski definition) is 0. The standard InChI is InChI=1S/C21H14ClNO/c22-17-12-10-15(11-13-17)19-14-16-6-4-5-9-20(16)24-21(19)23-18-7-2-1-3-8-18/h1-14H. The lowest BCUT2D eigenvalue weighted by atomic mass is 10.1. The molecule has 0 saturated heterocycles. The first-order valence-corrected chi connectivity index (χ1v) is 8.06. The van der Waals surface area contributed by atoms with E-state index in [0.717, 1.165) is 27.8 Å². The third-order valence-corrected chi connectivity index (χ3v) is 4.05. The van der Waals surface area contributed by atoms with Crippen LogP contribution in [0.2, 0.25) is 5.02 Å². The van der Waals surface area contributed by atoms with Crippen molar-refractivity contribution in [2.75, 3.05) is 0 Å². The summed E-state index contributed by atoms with van der Waals surface area (Å²) in [6.45, 7) is 0. The smallest absolute Gasteiger partial charge is 0.227 e. The molecular weight excluding hydrogens is 318 g/mol. The summed E-state index contributed by atoms with van der Waals surface area (Å²) in [6, 6.07) is 27.5. The summed E-state index contributed by atoms with van der Waals surface area (Å²) in [5.41, 5.74) is 4.21. The molecule has 0 aliphatic carbocycles. The van der Waals surface area contributed by atoms with E-state index in [-0.39, 0.29) is 0 Å². The van der Waals surface area contributed by atoms with E-state index in [1.165, 1.54) is 0 Å². The number of rotatable bonds is 2. The molecule has 0 unspecified atom stereocenters. The van der Waals surface area contributed by atoms with Crippen LogP contribution >= 0.6 is 11.6 Å². The molecule has 0 radical (unpaired) electrons. The second kappa shape index (κ2) is 6.34. The molecule has 0 saturated carbocycles. The first-order chi connectivity index (χ1) is 11.8. The van der Waals surface area contributed by atoms with Crippen LogP contribution in [0.3, 0.4) is 0 Å². The highest BCUT2D eigenvalue weighted by Crippen LogP contribution is 2.23. The van der Waals surface area contributed by atoms with Gasteiger partial charge in [0.15, 0.2) is 0 Å². The van der Waals surface area contributed by atoms with Crippen molar-refractivity contribution in [2.24, 2.45) is 4.99 Å². The average Bonchev–Trinajstić information content (AvgIpc) is 2.63. The minimum absolute atomic E-state index is 0.585. The molecule has 3 aromatic carbocycles. The summed E-state index contributed by atoms with van der Waals surface area (Å²) in [5, 5.41) is 1.74. The van der Waals surface area contributed by atoms with E-state index in [1.807, 2.05) is 78.9 Å². The zero-order chi connectivity index (χ0) is 16.4. The number of halogens is 1. The van der Waals surface area contributed by atoms with Crippen molar-refractivity contribution in [1.29, 1.82) is 0 Å². The lowest BCUT2D eigenvalue weighted by molar-refractivity contribution is 0.547. The Morgan fingerprint density at radius 2 is 1.46 bits per heavy atom. The van der Waals surface area contributed by atoms with Crippen molar-refractivity contribution in [3.63, 3.8) is 0 Å². The highest BCUT2D eigenvalue weighted by molar-refractivity contribution is 6.30. The van der Waals surface area contributed by atoms with Crippen LogP contribution in [0.15, 0.2) is 94.3 Å². The number of hydrogen-bond acceptors (Lipinski definition) is 2. The van der Waals surface area contributed by atoms with Gasteiger partial charge >= 0.3 is 0 Å². The lowest BCUT2D eigenvalue weighted by Crippen LogP contribution is -2.05. The fourth-order valence-corrected chi connectivity index (χ4v) is 2.73. The molecule has 0 aliphatic heterocycles. The highest BCUT2D eigenvalue weighted by atomic mass is 35.5. The van der Waals surface area contributed by atoms with Crippen molar-refractivity contribution in [3.05, 3.63) is 95.5 Å². The second-order valence-electron chi connectivity index (χ2n) is 5.46. The van der Waals surface area contributed by atoms with Crippen molar-refractivity contribution >= 4 is 28.3 Å². The van der Waals surface area contributed by atoms with E-state index in [0.29, 0.717) is 10.6 Å². The van der Waals surface area contributed by atoms with Gasteiger partial charge in [-0.1, -0.05) is 60.1 Å². The maximum absolute atomic E-state index is 6.08. The molecule has 0 spiro atoms. The highest BCUT2D eigenvalue weighted by Gasteiger charge is 2.07. The molecular formula is C21H14ClNO. The number of para-hydroxylation sites is 2. The molecule has 116 valence electrons. The first kappa shape index (κ1) is 14.7. The van der Waals surface area contributed by atoms with Gasteiger partial charge in [0.1, 0.15) is 5.58 Å². The molecule has 0 aliphatic rings. The summed E-state index contributed by atoms with van der Waals surface area (Å²) >= 11 is 6.02. The third kappa shape index (κ3) is 2.97. The topological polar surface area (TPSA) is 25.5 Å². The number of nitrogens with zero attached hydrogens (tertiary/aromatic N) is 1. The quantitative estimate of drug-likeness (QED) is 0.443. The lowest BCUT2D eigenvalue weighted by Gasteiger charge is -2.05. The zero-order valence-electron chi connectivity index (χ0n) is 12.8. The Labute approximate surface area is 144 Å². The third-order valence-electron chi connectivity index (χ3n) is 3.80. The molecule has 0 atom stereocenters. The first-order valence-electron chi connectivity index (χ1n) is 7.68. The van der Waals surface area contributed by atoms with Gasteiger partial charge in [-0.05, 0) is 42.0 Å². The molecule has 4 aromatic rings. The molecule has 1 heterocycles. The minimum Gasteiger partial charge on any atom is -0.438 e. The molecule has 0 N–H and O–H groups in total. The Morgan fingerprint density at radius 3 is 2.25 bits per heavy atom.